The largest absolute Gasteiger partial charge is 0.326 e. The fourth-order valence-corrected chi connectivity index (χ4v) is 4.32. The van der Waals surface area contributed by atoms with Gasteiger partial charge < -0.3 is 20.9 Å². The first-order valence-electron chi connectivity index (χ1n) is 11.9. The van der Waals surface area contributed by atoms with E-state index in [4.69, 9.17) is 0 Å². The van der Waals surface area contributed by atoms with E-state index in [1.54, 1.807) is 36.4 Å². The molecule has 0 radical (unpaired) electrons. The maximum absolute atomic E-state index is 13.7. The molecule has 8 nitrogen and oxygen atoms in total. The first-order valence-corrected chi connectivity index (χ1v) is 11.9. The molecule has 0 bridgehead atoms. The van der Waals surface area contributed by atoms with Crippen LogP contribution in [0.5, 0.6) is 0 Å². The second kappa shape index (κ2) is 11.1. The van der Waals surface area contributed by atoms with Crippen molar-refractivity contribution in [2.75, 3.05) is 17.2 Å². The normalized spacial score (nSPS) is 20.1. The van der Waals surface area contributed by atoms with E-state index >= 15 is 0 Å². The Bertz CT molecular complexity index is 1140. The van der Waals surface area contributed by atoms with E-state index in [9.17, 15) is 19.6 Å². The molecular formula is C28H33N5O3. The van der Waals surface area contributed by atoms with Crippen molar-refractivity contribution < 1.29 is 14.4 Å². The van der Waals surface area contributed by atoms with Crippen LogP contribution < -0.4 is 16.0 Å². The lowest BCUT2D eigenvalue weighted by atomic mass is 9.84. The highest BCUT2D eigenvalue weighted by atomic mass is 16.2. The first kappa shape index (κ1) is 26.5. The molecule has 1 heterocycles. The summed E-state index contributed by atoms with van der Waals surface area (Å²) in [7, 11) is 0. The zero-order valence-electron chi connectivity index (χ0n) is 21.0. The highest BCUT2D eigenvalue weighted by Crippen LogP contribution is 2.38. The van der Waals surface area contributed by atoms with E-state index in [-0.39, 0.29) is 24.3 Å². The van der Waals surface area contributed by atoms with E-state index in [2.05, 4.69) is 28.6 Å². The van der Waals surface area contributed by atoms with Crippen molar-refractivity contribution in [1.29, 1.82) is 5.26 Å². The van der Waals surface area contributed by atoms with Crippen molar-refractivity contribution >= 4 is 29.2 Å². The average molecular weight is 488 g/mol. The third kappa shape index (κ3) is 6.51. The molecule has 0 spiro atoms. The Morgan fingerprint density at radius 3 is 2.14 bits per heavy atom. The summed E-state index contributed by atoms with van der Waals surface area (Å²) < 4.78 is 0. The lowest BCUT2D eigenvalue weighted by Gasteiger charge is -2.31. The number of carbonyl (C=O) groups is 3. The molecule has 4 amide bonds. The fraction of sp³-hybridized carbons (Fsp3) is 0.357. The number of likely N-dealkylation sites (tertiary alicyclic amines) is 1. The second-order valence-corrected chi connectivity index (χ2v) is 10.3. The van der Waals surface area contributed by atoms with Crippen LogP contribution in [0.3, 0.4) is 0 Å². The van der Waals surface area contributed by atoms with Crippen LogP contribution in [-0.4, -0.2) is 41.4 Å². The van der Waals surface area contributed by atoms with E-state index in [0.717, 1.165) is 0 Å². The topological polar surface area (TPSA) is 114 Å². The van der Waals surface area contributed by atoms with Gasteiger partial charge in [-0.1, -0.05) is 63.2 Å². The van der Waals surface area contributed by atoms with Gasteiger partial charge in [0, 0.05) is 24.3 Å². The quantitative estimate of drug-likeness (QED) is 0.497. The Kier molecular flexibility index (Phi) is 8.15. The third-order valence-electron chi connectivity index (χ3n) is 6.14. The van der Waals surface area contributed by atoms with Crippen LogP contribution in [0.25, 0.3) is 0 Å². The maximum Gasteiger partial charge on any atom is 0.319 e. The number of carbonyl (C=O) groups excluding carboxylic acids is 3. The number of nitrogens with one attached hydrogen (secondary N) is 3. The first-order chi connectivity index (χ1) is 17.1. The summed E-state index contributed by atoms with van der Waals surface area (Å²) >= 11 is 0. The van der Waals surface area contributed by atoms with Gasteiger partial charge in [0.15, 0.2) is 0 Å². The van der Waals surface area contributed by atoms with Crippen molar-refractivity contribution in [3.8, 4) is 6.07 Å². The van der Waals surface area contributed by atoms with Gasteiger partial charge >= 0.3 is 6.03 Å². The van der Waals surface area contributed by atoms with Gasteiger partial charge in [0.25, 0.3) is 0 Å². The summed E-state index contributed by atoms with van der Waals surface area (Å²) in [5, 5.41) is 18.3. The number of nitriles is 1. The summed E-state index contributed by atoms with van der Waals surface area (Å²) in [5.74, 6) is -0.739. The average Bonchev–Trinajstić information content (AvgIpc) is 3.24. The molecule has 3 rings (SSSR count). The van der Waals surface area contributed by atoms with Gasteiger partial charge in [0.1, 0.15) is 12.1 Å². The van der Waals surface area contributed by atoms with Gasteiger partial charge in [0.2, 0.25) is 11.8 Å². The Labute approximate surface area is 212 Å². The number of rotatable bonds is 7. The van der Waals surface area contributed by atoms with Gasteiger partial charge in [-0.15, -0.1) is 6.58 Å². The van der Waals surface area contributed by atoms with Gasteiger partial charge in [-0.05, 0) is 36.1 Å². The minimum Gasteiger partial charge on any atom is -0.326 e. The fourth-order valence-electron chi connectivity index (χ4n) is 4.32. The minimum atomic E-state index is -1.13. The van der Waals surface area contributed by atoms with Crippen molar-refractivity contribution in [2.24, 2.45) is 10.8 Å². The third-order valence-corrected chi connectivity index (χ3v) is 6.14. The van der Waals surface area contributed by atoms with Crippen LogP contribution in [0, 0.1) is 22.2 Å². The molecule has 1 fully saturated rings. The highest BCUT2D eigenvalue weighted by Gasteiger charge is 2.50. The van der Waals surface area contributed by atoms with Gasteiger partial charge in [-0.25, -0.2) is 4.79 Å². The summed E-state index contributed by atoms with van der Waals surface area (Å²) in [4.78, 5) is 41.1. The van der Waals surface area contributed by atoms with E-state index in [1.807, 2.05) is 45.0 Å². The zero-order valence-corrected chi connectivity index (χ0v) is 21.0. The number of para-hydroxylation sites is 2. The Balaban J connectivity index is 1.81. The zero-order chi connectivity index (χ0) is 26.3. The molecule has 1 aliphatic rings. The van der Waals surface area contributed by atoms with E-state index in [0.29, 0.717) is 17.8 Å². The van der Waals surface area contributed by atoms with Crippen molar-refractivity contribution in [3.63, 3.8) is 0 Å². The summed E-state index contributed by atoms with van der Waals surface area (Å²) in [6, 6.07) is 17.8. The highest BCUT2D eigenvalue weighted by molar-refractivity contribution is 5.99. The summed E-state index contributed by atoms with van der Waals surface area (Å²) in [6.07, 6.45) is 1.98. The molecule has 36 heavy (non-hydrogen) atoms. The van der Waals surface area contributed by atoms with Crippen LogP contribution in [0.4, 0.5) is 16.2 Å². The van der Waals surface area contributed by atoms with Crippen LogP contribution in [0.1, 0.15) is 33.6 Å². The molecule has 0 aromatic heterocycles. The monoisotopic (exact) mass is 487 g/mol. The number of nitrogens with zero attached hydrogens (tertiary/aromatic N) is 2. The van der Waals surface area contributed by atoms with Crippen LogP contribution >= 0.6 is 0 Å². The Hall–Kier alpha value is -4.12. The molecule has 8 heteroatoms. The van der Waals surface area contributed by atoms with Crippen LogP contribution in [0.15, 0.2) is 73.3 Å². The minimum absolute atomic E-state index is 0.00511. The van der Waals surface area contributed by atoms with Gasteiger partial charge in [0.05, 0.1) is 11.5 Å². The lowest BCUT2D eigenvalue weighted by molar-refractivity contribution is -0.134. The molecule has 3 N–H and O–H groups in total. The van der Waals surface area contributed by atoms with Crippen LogP contribution in [0.2, 0.25) is 0 Å². The molecule has 3 atom stereocenters. The Morgan fingerprint density at radius 2 is 1.64 bits per heavy atom. The number of hydrogen-bond donors (Lipinski definition) is 3. The molecule has 2 aromatic carbocycles. The molecule has 1 aliphatic heterocycles. The number of hydrogen-bond acceptors (Lipinski definition) is 4. The molecule has 0 saturated carbocycles. The predicted molar refractivity (Wildman–Crippen MR) is 140 cm³/mol. The standard InChI is InChI=1S/C28H33N5O3/c1-5-28(25(35)30-20-12-8-6-9-13-20)16-22(18-29)33(19-28)24(34)23(17-27(2,3)4)32-26(36)31-21-14-10-7-11-15-21/h5-15,22-23H,1,16-17,19H2,2-4H3,(H,30,35)(H2,31,32,36)/t22-,23-,28-/m0/s1. The van der Waals surface area contributed by atoms with Crippen molar-refractivity contribution in [1.82, 2.24) is 10.2 Å². The number of amides is 4. The second-order valence-electron chi connectivity index (χ2n) is 10.3. The Morgan fingerprint density at radius 1 is 1.08 bits per heavy atom. The summed E-state index contributed by atoms with van der Waals surface area (Å²) in [5.41, 5.74) is -0.212. The van der Waals surface area contributed by atoms with E-state index < -0.39 is 29.4 Å². The molecular weight excluding hydrogens is 454 g/mol. The molecule has 188 valence electrons. The SMILES string of the molecule is C=C[C@]1(C(=O)Nc2ccccc2)C[C@@H](C#N)N(C(=O)[C@H](CC(C)(C)C)NC(=O)Nc2ccccc2)C1. The maximum atomic E-state index is 13.7. The predicted octanol–water partition coefficient (Wildman–Crippen LogP) is 4.55. The molecule has 1 saturated heterocycles. The number of urea groups is 1. The van der Waals surface area contributed by atoms with Gasteiger partial charge in [-0.2, -0.15) is 5.26 Å². The van der Waals surface area contributed by atoms with Crippen LogP contribution in [-0.2, 0) is 9.59 Å². The van der Waals surface area contributed by atoms with Gasteiger partial charge in [-0.3, -0.25) is 9.59 Å². The van der Waals surface area contributed by atoms with Crippen molar-refractivity contribution in [2.45, 2.75) is 45.7 Å². The van der Waals surface area contributed by atoms with Crippen molar-refractivity contribution in [3.05, 3.63) is 73.3 Å². The molecule has 0 unspecified atom stereocenters. The number of benzene rings is 2. The summed E-state index contributed by atoms with van der Waals surface area (Å²) in [6.45, 7) is 9.75. The van der Waals surface area contributed by atoms with E-state index in [1.165, 1.54) is 11.0 Å². The smallest absolute Gasteiger partial charge is 0.319 e. The lowest BCUT2D eigenvalue weighted by Crippen LogP contribution is -2.52. The number of anilines is 2. The molecule has 0 aliphatic carbocycles. The molecule has 2 aromatic rings.